The zero-order chi connectivity index (χ0) is 18.9. The molecule has 0 aromatic carbocycles. The smallest absolute Gasteiger partial charge is 0.326 e. The molecule has 0 rings (SSSR count). The number of rotatable bonds is 10. The number of carboxylic acids is 1. The number of hydrogen-bond donors (Lipinski definition) is 7. The first-order valence-corrected chi connectivity index (χ1v) is 7.46. The van der Waals surface area contributed by atoms with Crippen molar-refractivity contribution in [2.45, 2.75) is 31.5 Å². The first-order valence-electron chi connectivity index (χ1n) is 6.83. The molecule has 0 aromatic rings. The number of hydrogen-bond acceptors (Lipinski definition) is 7. The molecule has 0 saturated carbocycles. The highest BCUT2D eigenvalue weighted by Gasteiger charge is 2.27. The maximum atomic E-state index is 12.0. The van der Waals surface area contributed by atoms with Crippen LogP contribution in [0.1, 0.15) is 13.3 Å². The molecule has 0 bridgehead atoms. The van der Waals surface area contributed by atoms with Gasteiger partial charge in [0.25, 0.3) is 0 Å². The Morgan fingerprint density at radius 2 is 1.67 bits per heavy atom. The summed E-state index contributed by atoms with van der Waals surface area (Å²) in [7, 11) is 0. The summed E-state index contributed by atoms with van der Waals surface area (Å²) in [6.45, 7) is 1.02. The number of nitrogens with one attached hydrogen (secondary N) is 3. The quantitative estimate of drug-likeness (QED) is 0.194. The zero-order valence-electron chi connectivity index (χ0n) is 12.9. The van der Waals surface area contributed by atoms with Crippen molar-refractivity contribution < 1.29 is 29.1 Å². The van der Waals surface area contributed by atoms with E-state index in [4.69, 9.17) is 16.6 Å². The van der Waals surface area contributed by atoms with E-state index in [0.717, 1.165) is 0 Å². The van der Waals surface area contributed by atoms with Crippen molar-refractivity contribution in [3.05, 3.63) is 0 Å². The molecule has 3 unspecified atom stereocenters. The third-order valence-electron chi connectivity index (χ3n) is 2.69. The minimum absolute atomic E-state index is 0.137. The molecule has 24 heavy (non-hydrogen) atoms. The fourth-order valence-corrected chi connectivity index (χ4v) is 1.70. The molecule has 0 aromatic heterocycles. The Hall–Kier alpha value is -2.34. The normalized spacial score (nSPS) is 14.0. The van der Waals surface area contributed by atoms with Gasteiger partial charge in [0, 0.05) is 5.75 Å². The van der Waals surface area contributed by atoms with Gasteiger partial charge in [-0.05, 0) is 6.92 Å². The van der Waals surface area contributed by atoms with Gasteiger partial charge in [0.2, 0.25) is 23.6 Å². The van der Waals surface area contributed by atoms with Gasteiger partial charge in [-0.1, -0.05) is 0 Å². The lowest BCUT2D eigenvalue weighted by Crippen LogP contribution is -2.54. The molecule has 0 spiro atoms. The molecular weight excluding hydrogens is 342 g/mol. The van der Waals surface area contributed by atoms with Crippen LogP contribution in [0.4, 0.5) is 0 Å². The van der Waals surface area contributed by atoms with Gasteiger partial charge < -0.3 is 32.5 Å². The summed E-state index contributed by atoms with van der Waals surface area (Å²) in [5.74, 6) is -4.60. The van der Waals surface area contributed by atoms with Crippen LogP contribution in [-0.2, 0) is 24.0 Å². The highest BCUT2D eigenvalue weighted by atomic mass is 32.1. The van der Waals surface area contributed by atoms with Crippen molar-refractivity contribution in [2.75, 3.05) is 12.3 Å². The van der Waals surface area contributed by atoms with Crippen LogP contribution in [0.25, 0.3) is 0 Å². The molecule has 0 saturated heterocycles. The summed E-state index contributed by atoms with van der Waals surface area (Å²) < 4.78 is 0. The predicted octanol–water partition coefficient (Wildman–Crippen LogP) is -3.69. The van der Waals surface area contributed by atoms with Crippen molar-refractivity contribution in [3.63, 3.8) is 0 Å². The van der Waals surface area contributed by atoms with E-state index in [1.807, 2.05) is 0 Å². The summed E-state index contributed by atoms with van der Waals surface area (Å²) in [5.41, 5.74) is 10.2. The molecule has 4 amide bonds. The molecule has 0 aliphatic carbocycles. The first-order chi connectivity index (χ1) is 11.1. The van der Waals surface area contributed by atoms with Crippen LogP contribution in [0.15, 0.2) is 0 Å². The van der Waals surface area contributed by atoms with E-state index in [-0.39, 0.29) is 5.75 Å². The predicted molar refractivity (Wildman–Crippen MR) is 85.8 cm³/mol. The Bertz CT molecular complexity index is 512. The summed E-state index contributed by atoms with van der Waals surface area (Å²) >= 11 is 3.89. The third kappa shape index (κ3) is 8.33. The van der Waals surface area contributed by atoms with Crippen LogP contribution in [0.5, 0.6) is 0 Å². The number of primary amides is 1. The fourth-order valence-electron chi connectivity index (χ4n) is 1.44. The Morgan fingerprint density at radius 1 is 1.08 bits per heavy atom. The molecule has 136 valence electrons. The second-order valence-electron chi connectivity index (χ2n) is 4.88. The Balaban J connectivity index is 4.62. The van der Waals surface area contributed by atoms with Crippen molar-refractivity contribution in [1.82, 2.24) is 16.0 Å². The number of nitrogens with two attached hydrogens (primary N) is 2. The number of carbonyl (C=O) groups excluding carboxylic acids is 4. The van der Waals surface area contributed by atoms with Crippen LogP contribution in [0, 0.1) is 0 Å². The van der Waals surface area contributed by atoms with Gasteiger partial charge in [-0.3, -0.25) is 19.2 Å². The lowest BCUT2D eigenvalue weighted by atomic mass is 10.2. The van der Waals surface area contributed by atoms with E-state index in [0.29, 0.717) is 0 Å². The monoisotopic (exact) mass is 363 g/mol. The summed E-state index contributed by atoms with van der Waals surface area (Å²) in [5, 5.41) is 15.5. The molecule has 0 fully saturated rings. The van der Waals surface area contributed by atoms with Gasteiger partial charge in [-0.25, -0.2) is 4.79 Å². The van der Waals surface area contributed by atoms with Crippen LogP contribution < -0.4 is 27.4 Å². The van der Waals surface area contributed by atoms with E-state index >= 15 is 0 Å². The minimum Gasteiger partial charge on any atom is -0.480 e. The van der Waals surface area contributed by atoms with Crippen molar-refractivity contribution >= 4 is 42.2 Å². The molecule has 8 N–H and O–H groups in total. The number of carbonyl (C=O) groups is 5. The highest BCUT2D eigenvalue weighted by molar-refractivity contribution is 7.80. The molecular formula is C12H21N5O6S. The molecule has 11 nitrogen and oxygen atoms in total. The minimum atomic E-state index is -1.52. The number of carboxylic acid groups (broad SMARTS) is 1. The average molecular weight is 363 g/mol. The standard InChI is InChI=1S/C12H21N5O6S/c1-5(13)10(20)15-3-9(19)16-7(4-24)11(21)17-6(12(22)23)2-8(14)18/h5-7,24H,2-4,13H2,1H3,(H2,14,18)(H,15,20)(H,16,19)(H,17,21)(H,22,23). The second kappa shape index (κ2) is 10.4. The lowest BCUT2D eigenvalue weighted by Gasteiger charge is -2.19. The van der Waals surface area contributed by atoms with Crippen LogP contribution in [0.3, 0.4) is 0 Å². The van der Waals surface area contributed by atoms with Crippen molar-refractivity contribution in [2.24, 2.45) is 11.5 Å². The zero-order valence-corrected chi connectivity index (χ0v) is 13.8. The average Bonchev–Trinajstić information content (AvgIpc) is 2.48. The highest BCUT2D eigenvalue weighted by Crippen LogP contribution is 1.96. The molecule has 0 radical (unpaired) electrons. The summed E-state index contributed by atoms with van der Waals surface area (Å²) in [4.78, 5) is 56.6. The van der Waals surface area contributed by atoms with Gasteiger partial charge in [-0.2, -0.15) is 12.6 Å². The third-order valence-corrected chi connectivity index (χ3v) is 3.06. The SMILES string of the molecule is CC(N)C(=O)NCC(=O)NC(CS)C(=O)NC(CC(N)=O)C(=O)O. The number of amides is 4. The lowest BCUT2D eigenvalue weighted by molar-refractivity contribution is -0.143. The van der Waals surface area contributed by atoms with Gasteiger partial charge in [0.15, 0.2) is 0 Å². The summed E-state index contributed by atoms with van der Waals surface area (Å²) in [6.07, 6.45) is -0.598. The van der Waals surface area contributed by atoms with E-state index in [1.54, 1.807) is 0 Å². The molecule has 0 aliphatic heterocycles. The molecule has 0 heterocycles. The van der Waals surface area contributed by atoms with Gasteiger partial charge in [-0.15, -0.1) is 0 Å². The van der Waals surface area contributed by atoms with Gasteiger partial charge in [0.1, 0.15) is 12.1 Å². The molecule has 3 atom stereocenters. The van der Waals surface area contributed by atoms with Crippen LogP contribution >= 0.6 is 12.6 Å². The molecule has 0 aliphatic rings. The Kier molecular flexibility index (Phi) is 9.42. The van der Waals surface area contributed by atoms with Crippen molar-refractivity contribution in [1.29, 1.82) is 0 Å². The number of aliphatic carboxylic acids is 1. The second-order valence-corrected chi connectivity index (χ2v) is 5.24. The van der Waals surface area contributed by atoms with Gasteiger partial charge in [0.05, 0.1) is 19.0 Å². The largest absolute Gasteiger partial charge is 0.480 e. The Labute approximate surface area is 143 Å². The van der Waals surface area contributed by atoms with E-state index in [2.05, 4.69) is 28.6 Å². The first kappa shape index (κ1) is 21.7. The fraction of sp³-hybridized carbons (Fsp3) is 0.583. The molecule has 12 heteroatoms. The maximum Gasteiger partial charge on any atom is 0.326 e. The number of thiol groups is 1. The van der Waals surface area contributed by atoms with E-state index in [1.165, 1.54) is 6.92 Å². The van der Waals surface area contributed by atoms with E-state index in [9.17, 15) is 24.0 Å². The van der Waals surface area contributed by atoms with E-state index < -0.39 is 60.7 Å². The van der Waals surface area contributed by atoms with Gasteiger partial charge >= 0.3 is 5.97 Å². The maximum absolute atomic E-state index is 12.0. The summed E-state index contributed by atoms with van der Waals surface area (Å²) in [6, 6.07) is -3.48. The topological polar surface area (TPSA) is 194 Å². The van der Waals surface area contributed by atoms with Crippen LogP contribution in [0.2, 0.25) is 0 Å². The van der Waals surface area contributed by atoms with Crippen molar-refractivity contribution in [3.8, 4) is 0 Å². The van der Waals surface area contributed by atoms with Crippen LogP contribution in [-0.4, -0.2) is 65.1 Å². The Morgan fingerprint density at radius 3 is 2.08 bits per heavy atom.